The second-order valence-corrected chi connectivity index (χ2v) is 5.45. The van der Waals surface area contributed by atoms with Gasteiger partial charge >= 0.3 is 0 Å². The van der Waals surface area contributed by atoms with E-state index in [0.29, 0.717) is 22.9 Å². The van der Waals surface area contributed by atoms with Gasteiger partial charge in [-0.25, -0.2) is 9.50 Å². The van der Waals surface area contributed by atoms with Gasteiger partial charge in [-0.1, -0.05) is 36.3 Å². The summed E-state index contributed by atoms with van der Waals surface area (Å²) < 4.78 is 3.52. The number of hydrogen-bond donors (Lipinski definition) is 0. The largest absolute Gasteiger partial charge is 0.327 e. The number of terminal acetylenes is 1. The van der Waals surface area contributed by atoms with Crippen LogP contribution in [0.1, 0.15) is 17.2 Å². The van der Waals surface area contributed by atoms with E-state index in [0.717, 1.165) is 11.3 Å². The van der Waals surface area contributed by atoms with E-state index in [2.05, 4.69) is 32.8 Å². The number of imidazole rings is 1. The molecule has 0 aliphatic heterocycles. The number of aryl methyl sites for hydroxylation is 1. The molecular formula is C20H13N5. The summed E-state index contributed by atoms with van der Waals surface area (Å²) in [6.07, 6.45) is 9.23. The second-order valence-electron chi connectivity index (χ2n) is 5.45. The highest BCUT2D eigenvalue weighted by Crippen LogP contribution is 2.17. The molecule has 0 aliphatic rings. The maximum Gasteiger partial charge on any atom is 0.226 e. The fraction of sp³-hybridized carbons (Fsp3) is 0.0500. The molecule has 5 heteroatoms. The molecule has 118 valence electrons. The number of rotatable bonds is 1. The Morgan fingerprint density at radius 1 is 1.00 bits per heavy atom. The van der Waals surface area contributed by atoms with Crippen molar-refractivity contribution in [2.45, 2.75) is 0 Å². The Bertz CT molecular complexity index is 1160. The van der Waals surface area contributed by atoms with Gasteiger partial charge in [0.1, 0.15) is 0 Å². The van der Waals surface area contributed by atoms with E-state index in [4.69, 9.17) is 6.42 Å². The van der Waals surface area contributed by atoms with Crippen LogP contribution in [0.3, 0.4) is 0 Å². The van der Waals surface area contributed by atoms with Crippen LogP contribution in [0.5, 0.6) is 0 Å². The zero-order valence-corrected chi connectivity index (χ0v) is 13.5. The van der Waals surface area contributed by atoms with Crippen molar-refractivity contribution >= 4 is 5.65 Å². The molecule has 0 saturated heterocycles. The normalized spacial score (nSPS) is 10.2. The van der Waals surface area contributed by atoms with Crippen LogP contribution >= 0.6 is 0 Å². The number of aromatic nitrogens is 5. The lowest BCUT2D eigenvalue weighted by molar-refractivity contribution is 0.893. The van der Waals surface area contributed by atoms with Gasteiger partial charge in [0, 0.05) is 25.0 Å². The first-order valence-electron chi connectivity index (χ1n) is 7.67. The summed E-state index contributed by atoms with van der Waals surface area (Å²) in [4.78, 5) is 8.97. The summed E-state index contributed by atoms with van der Waals surface area (Å²) >= 11 is 0. The smallest absolute Gasteiger partial charge is 0.226 e. The van der Waals surface area contributed by atoms with Crippen molar-refractivity contribution in [1.82, 2.24) is 24.1 Å². The van der Waals surface area contributed by atoms with Crippen molar-refractivity contribution in [1.29, 1.82) is 0 Å². The van der Waals surface area contributed by atoms with Crippen LogP contribution < -0.4 is 0 Å². The zero-order valence-electron chi connectivity index (χ0n) is 13.5. The highest BCUT2D eigenvalue weighted by Gasteiger charge is 2.06. The van der Waals surface area contributed by atoms with Crippen molar-refractivity contribution in [3.8, 4) is 35.4 Å². The molecule has 4 aromatic rings. The predicted molar refractivity (Wildman–Crippen MR) is 95.5 cm³/mol. The molecule has 4 rings (SSSR count). The molecule has 1 aromatic carbocycles. The van der Waals surface area contributed by atoms with Crippen LogP contribution in [0.4, 0.5) is 0 Å². The van der Waals surface area contributed by atoms with Gasteiger partial charge in [0.2, 0.25) is 5.82 Å². The van der Waals surface area contributed by atoms with Crippen LogP contribution in [-0.2, 0) is 7.05 Å². The van der Waals surface area contributed by atoms with Gasteiger partial charge in [0.05, 0.1) is 11.3 Å². The monoisotopic (exact) mass is 323 g/mol. The molecule has 5 nitrogen and oxygen atoms in total. The maximum atomic E-state index is 5.49. The van der Waals surface area contributed by atoms with Gasteiger partial charge in [-0.05, 0) is 24.0 Å². The summed E-state index contributed by atoms with van der Waals surface area (Å²) in [6, 6.07) is 13.6. The minimum absolute atomic E-state index is 0.409. The molecule has 0 spiro atoms. The number of benzene rings is 1. The molecule has 0 amide bonds. The molecule has 0 bridgehead atoms. The predicted octanol–water partition coefficient (Wildman–Crippen LogP) is 2.51. The van der Waals surface area contributed by atoms with Gasteiger partial charge in [0.25, 0.3) is 0 Å². The van der Waals surface area contributed by atoms with E-state index in [1.54, 1.807) is 10.7 Å². The minimum atomic E-state index is 0.409. The van der Waals surface area contributed by atoms with E-state index in [1.165, 1.54) is 0 Å². The van der Waals surface area contributed by atoms with Crippen molar-refractivity contribution in [2.24, 2.45) is 7.05 Å². The number of nitrogens with zero attached hydrogens (tertiary/aromatic N) is 5. The molecule has 0 saturated carbocycles. The first kappa shape index (κ1) is 14.7. The second kappa shape index (κ2) is 5.99. The van der Waals surface area contributed by atoms with Gasteiger partial charge < -0.3 is 4.57 Å². The average molecular weight is 323 g/mol. The van der Waals surface area contributed by atoms with Crippen LogP contribution in [0, 0.1) is 24.2 Å². The Balaban J connectivity index is 1.70. The molecule has 3 heterocycles. The van der Waals surface area contributed by atoms with E-state index in [1.807, 2.05) is 60.3 Å². The third kappa shape index (κ3) is 2.75. The number of pyridine rings is 1. The van der Waals surface area contributed by atoms with Crippen molar-refractivity contribution in [3.05, 3.63) is 72.1 Å². The molecular weight excluding hydrogens is 310 g/mol. The SMILES string of the molecule is C#Cc1cccn2nc(C#Cc3nc(-c4ccccc4)cn3C)nc12. The van der Waals surface area contributed by atoms with Crippen molar-refractivity contribution in [3.63, 3.8) is 0 Å². The summed E-state index contributed by atoms with van der Waals surface area (Å²) in [5, 5.41) is 4.33. The minimum Gasteiger partial charge on any atom is -0.327 e. The van der Waals surface area contributed by atoms with Crippen molar-refractivity contribution in [2.75, 3.05) is 0 Å². The summed E-state index contributed by atoms with van der Waals surface area (Å²) in [7, 11) is 1.91. The zero-order chi connectivity index (χ0) is 17.2. The fourth-order valence-corrected chi connectivity index (χ4v) is 2.51. The summed E-state index contributed by atoms with van der Waals surface area (Å²) in [6.45, 7) is 0. The van der Waals surface area contributed by atoms with E-state index in [-0.39, 0.29) is 0 Å². The van der Waals surface area contributed by atoms with E-state index < -0.39 is 0 Å². The van der Waals surface area contributed by atoms with Crippen LogP contribution in [0.2, 0.25) is 0 Å². The average Bonchev–Trinajstić information content (AvgIpc) is 3.23. The quantitative estimate of drug-likeness (QED) is 0.506. The molecule has 0 N–H and O–H groups in total. The number of hydrogen-bond acceptors (Lipinski definition) is 3. The van der Waals surface area contributed by atoms with Gasteiger partial charge in [0.15, 0.2) is 11.5 Å². The van der Waals surface area contributed by atoms with E-state index >= 15 is 0 Å². The molecule has 0 aliphatic carbocycles. The van der Waals surface area contributed by atoms with Gasteiger partial charge in [-0.2, -0.15) is 4.98 Å². The lowest BCUT2D eigenvalue weighted by atomic mass is 10.2. The topological polar surface area (TPSA) is 48.0 Å². The highest BCUT2D eigenvalue weighted by atomic mass is 15.3. The molecule has 25 heavy (non-hydrogen) atoms. The first-order chi connectivity index (χ1) is 12.2. The molecule has 0 unspecified atom stereocenters. The highest BCUT2D eigenvalue weighted by molar-refractivity contribution is 5.59. The first-order valence-corrected chi connectivity index (χ1v) is 7.67. The Kier molecular flexibility index (Phi) is 3.53. The van der Waals surface area contributed by atoms with Crippen LogP contribution in [0.15, 0.2) is 54.9 Å². The third-order valence-corrected chi connectivity index (χ3v) is 3.75. The Labute approximate surface area is 145 Å². The standard InChI is InChI=1S/C20H13N5/c1-3-15-10-7-13-25-20(15)22-18(23-25)11-12-19-21-17(14-24(19)2)16-8-5-4-6-9-16/h1,4-10,13-14H,2H3. The third-order valence-electron chi connectivity index (χ3n) is 3.75. The maximum absolute atomic E-state index is 5.49. The van der Waals surface area contributed by atoms with E-state index in [9.17, 15) is 0 Å². The molecule has 0 fully saturated rings. The Hall–Kier alpha value is -3.83. The summed E-state index contributed by atoms with van der Waals surface area (Å²) in [5.41, 5.74) is 3.24. The Morgan fingerprint density at radius 3 is 2.64 bits per heavy atom. The van der Waals surface area contributed by atoms with Crippen LogP contribution in [-0.4, -0.2) is 24.1 Å². The molecule has 0 atom stereocenters. The lowest BCUT2D eigenvalue weighted by Crippen LogP contribution is -1.91. The summed E-state index contributed by atoms with van der Waals surface area (Å²) in [5.74, 6) is 9.65. The lowest BCUT2D eigenvalue weighted by Gasteiger charge is -1.92. The molecule has 3 aromatic heterocycles. The molecule has 0 radical (unpaired) electrons. The van der Waals surface area contributed by atoms with Gasteiger partial charge in [-0.3, -0.25) is 0 Å². The van der Waals surface area contributed by atoms with Crippen molar-refractivity contribution < 1.29 is 0 Å². The fourth-order valence-electron chi connectivity index (χ4n) is 2.51. The van der Waals surface area contributed by atoms with Gasteiger partial charge in [-0.15, -0.1) is 11.5 Å². The number of fused-ring (bicyclic) bond motifs is 1. The van der Waals surface area contributed by atoms with Crippen LogP contribution in [0.25, 0.3) is 16.9 Å². The Morgan fingerprint density at radius 2 is 1.84 bits per heavy atom.